The fourth-order valence-electron chi connectivity index (χ4n) is 2.27. The molecule has 6 nitrogen and oxygen atoms in total. The number of cyclic esters (lactones) is 4. The van der Waals surface area contributed by atoms with Crippen LogP contribution in [0.25, 0.3) is 0 Å². The van der Waals surface area contributed by atoms with Gasteiger partial charge in [-0.3, -0.25) is 0 Å². The molecule has 0 saturated heterocycles. The highest BCUT2D eigenvalue weighted by atomic mass is 16.6. The quantitative estimate of drug-likeness (QED) is 0.405. The molecule has 0 aliphatic carbocycles. The van der Waals surface area contributed by atoms with Crippen molar-refractivity contribution in [1.82, 2.24) is 0 Å². The summed E-state index contributed by atoms with van der Waals surface area (Å²) in [6.45, 7) is 3.13. The summed E-state index contributed by atoms with van der Waals surface area (Å²) >= 11 is 0. The van der Waals surface area contributed by atoms with Gasteiger partial charge in [-0.15, -0.1) is 0 Å². The van der Waals surface area contributed by atoms with Gasteiger partial charge in [0.2, 0.25) is 0 Å². The summed E-state index contributed by atoms with van der Waals surface area (Å²) in [5.41, 5.74) is 1.29. The highest BCUT2D eigenvalue weighted by Gasteiger charge is 2.28. The molecule has 0 fully saturated rings. The van der Waals surface area contributed by atoms with Crippen LogP contribution in [0.2, 0.25) is 0 Å². The van der Waals surface area contributed by atoms with E-state index in [0.717, 1.165) is 25.7 Å². The maximum Gasteiger partial charge on any atom is 0.346 e. The fourth-order valence-corrected chi connectivity index (χ4v) is 2.27. The van der Waals surface area contributed by atoms with E-state index in [2.05, 4.69) is 9.47 Å². The lowest BCUT2D eigenvalue weighted by molar-refractivity contribution is -0.152. The number of esters is 4. The molecule has 0 unspecified atom stereocenters. The molecule has 2 aliphatic rings. The molecule has 0 spiro atoms. The summed E-state index contributed by atoms with van der Waals surface area (Å²) in [5, 5.41) is 0. The largest absolute Gasteiger partial charge is 0.386 e. The summed E-state index contributed by atoms with van der Waals surface area (Å²) in [5.74, 6) is -2.37. The average molecular weight is 330 g/mol. The van der Waals surface area contributed by atoms with Crippen molar-refractivity contribution in [1.29, 1.82) is 0 Å². The van der Waals surface area contributed by atoms with Gasteiger partial charge in [0.25, 0.3) is 0 Å². The van der Waals surface area contributed by atoms with Crippen LogP contribution in [0.3, 0.4) is 0 Å². The molecule has 2 aliphatic heterocycles. The van der Waals surface area contributed by atoms with Gasteiger partial charge in [0.1, 0.15) is 0 Å². The molecule has 0 bridgehead atoms. The maximum atomic E-state index is 11.4. The monoisotopic (exact) mass is 330 g/mol. The van der Waals surface area contributed by atoms with Gasteiger partial charge in [0, 0.05) is 11.1 Å². The Hall–Kier alpha value is -2.76. The standard InChI is InChI=1S/C18H18O6/c1-11-13(17(21)23-15(11)19)9-7-5-3-4-6-8-10-14-12(2)16(20)24-18(14)22/h7-10H,3-6H2,1-2H3/b9-7+,10-8+. The summed E-state index contributed by atoms with van der Waals surface area (Å²) in [7, 11) is 0. The molecule has 2 rings (SSSR count). The van der Waals surface area contributed by atoms with Crippen LogP contribution in [0.15, 0.2) is 46.6 Å². The Morgan fingerprint density at radius 2 is 1.04 bits per heavy atom. The molecule has 126 valence electrons. The molecule has 0 aromatic heterocycles. The van der Waals surface area contributed by atoms with E-state index in [1.807, 2.05) is 12.2 Å². The number of hydrogen-bond acceptors (Lipinski definition) is 6. The van der Waals surface area contributed by atoms with Crippen molar-refractivity contribution in [3.63, 3.8) is 0 Å². The van der Waals surface area contributed by atoms with Gasteiger partial charge in [-0.2, -0.15) is 0 Å². The number of hydrogen-bond donors (Lipinski definition) is 0. The zero-order chi connectivity index (χ0) is 17.7. The van der Waals surface area contributed by atoms with E-state index in [-0.39, 0.29) is 0 Å². The van der Waals surface area contributed by atoms with Crippen molar-refractivity contribution in [2.24, 2.45) is 0 Å². The van der Waals surface area contributed by atoms with Crippen molar-refractivity contribution in [3.05, 3.63) is 46.6 Å². The Kier molecular flexibility index (Phi) is 5.63. The first-order chi connectivity index (χ1) is 11.4. The van der Waals surface area contributed by atoms with Gasteiger partial charge >= 0.3 is 23.9 Å². The van der Waals surface area contributed by atoms with E-state index < -0.39 is 23.9 Å². The lowest BCUT2D eigenvalue weighted by Crippen LogP contribution is -2.00. The molecule has 24 heavy (non-hydrogen) atoms. The van der Waals surface area contributed by atoms with Crippen molar-refractivity contribution in [3.8, 4) is 0 Å². The minimum absolute atomic E-state index is 0.312. The molecule has 0 radical (unpaired) electrons. The zero-order valence-electron chi connectivity index (χ0n) is 13.6. The second-order valence-electron chi connectivity index (χ2n) is 5.52. The Morgan fingerprint density at radius 3 is 1.33 bits per heavy atom. The Labute approximate surface area is 139 Å². The van der Waals surface area contributed by atoms with Gasteiger partial charge in [-0.1, -0.05) is 24.3 Å². The van der Waals surface area contributed by atoms with E-state index in [0.29, 0.717) is 22.3 Å². The lowest BCUT2D eigenvalue weighted by atomic mass is 10.1. The highest BCUT2D eigenvalue weighted by molar-refractivity contribution is 6.14. The molecule has 0 N–H and O–H groups in total. The predicted molar refractivity (Wildman–Crippen MR) is 84.3 cm³/mol. The number of unbranched alkanes of at least 4 members (excludes halogenated alkanes) is 3. The molecule has 0 amide bonds. The van der Waals surface area contributed by atoms with Gasteiger partial charge in [0.15, 0.2) is 0 Å². The zero-order valence-corrected chi connectivity index (χ0v) is 13.6. The predicted octanol–water partition coefficient (Wildman–Crippen LogP) is 2.46. The van der Waals surface area contributed by atoms with E-state index in [1.54, 1.807) is 26.0 Å². The van der Waals surface area contributed by atoms with E-state index >= 15 is 0 Å². The molecule has 0 aromatic rings. The first-order valence-corrected chi connectivity index (χ1v) is 7.69. The highest BCUT2D eigenvalue weighted by Crippen LogP contribution is 2.19. The first kappa shape index (κ1) is 17.6. The number of rotatable bonds is 7. The molecular weight excluding hydrogens is 312 g/mol. The summed E-state index contributed by atoms with van der Waals surface area (Å²) < 4.78 is 8.98. The van der Waals surface area contributed by atoms with Crippen LogP contribution in [0.5, 0.6) is 0 Å². The van der Waals surface area contributed by atoms with Crippen LogP contribution in [0.4, 0.5) is 0 Å². The fraction of sp³-hybridized carbons (Fsp3) is 0.333. The molecule has 0 atom stereocenters. The van der Waals surface area contributed by atoms with E-state index in [9.17, 15) is 19.2 Å². The van der Waals surface area contributed by atoms with Gasteiger partial charge in [-0.25, -0.2) is 19.2 Å². The third-order valence-electron chi connectivity index (χ3n) is 3.79. The number of carbonyl (C=O) groups is 4. The Bertz CT molecular complexity index is 656. The normalized spacial score (nSPS) is 18.6. The van der Waals surface area contributed by atoms with Crippen LogP contribution in [0.1, 0.15) is 39.5 Å². The summed E-state index contributed by atoms with van der Waals surface area (Å²) in [6, 6.07) is 0. The third kappa shape index (κ3) is 3.95. The van der Waals surface area contributed by atoms with Crippen molar-refractivity contribution >= 4 is 23.9 Å². The second-order valence-corrected chi connectivity index (χ2v) is 5.52. The van der Waals surface area contributed by atoms with Crippen LogP contribution < -0.4 is 0 Å². The Morgan fingerprint density at radius 1 is 0.667 bits per heavy atom. The average Bonchev–Trinajstić information content (AvgIpc) is 2.91. The summed E-state index contributed by atoms with van der Waals surface area (Å²) in [4.78, 5) is 45.1. The molecule has 0 aromatic carbocycles. The van der Waals surface area contributed by atoms with E-state index in [1.165, 1.54) is 0 Å². The molecule has 6 heteroatoms. The molecule has 2 heterocycles. The third-order valence-corrected chi connectivity index (χ3v) is 3.79. The van der Waals surface area contributed by atoms with Crippen LogP contribution >= 0.6 is 0 Å². The smallest absolute Gasteiger partial charge is 0.346 e. The first-order valence-electron chi connectivity index (χ1n) is 7.69. The molecule has 0 saturated carbocycles. The molecular formula is C18H18O6. The Balaban J connectivity index is 1.71. The van der Waals surface area contributed by atoms with E-state index in [4.69, 9.17) is 0 Å². The van der Waals surface area contributed by atoms with Crippen LogP contribution in [0, 0.1) is 0 Å². The van der Waals surface area contributed by atoms with Gasteiger partial charge < -0.3 is 9.47 Å². The van der Waals surface area contributed by atoms with Gasteiger partial charge in [0.05, 0.1) is 11.1 Å². The topological polar surface area (TPSA) is 86.7 Å². The van der Waals surface area contributed by atoms with Gasteiger partial charge in [-0.05, 0) is 39.5 Å². The maximum absolute atomic E-state index is 11.4. The lowest BCUT2D eigenvalue weighted by Gasteiger charge is -1.94. The minimum atomic E-state index is -0.599. The number of allylic oxidation sites excluding steroid dienone is 2. The second kappa shape index (κ2) is 7.68. The van der Waals surface area contributed by atoms with Crippen molar-refractivity contribution < 1.29 is 28.7 Å². The van der Waals surface area contributed by atoms with Crippen LogP contribution in [-0.4, -0.2) is 23.9 Å². The van der Waals surface area contributed by atoms with Crippen molar-refractivity contribution in [2.75, 3.05) is 0 Å². The van der Waals surface area contributed by atoms with Crippen molar-refractivity contribution in [2.45, 2.75) is 39.5 Å². The number of ether oxygens (including phenoxy) is 2. The number of carbonyl (C=O) groups excluding carboxylic acids is 4. The van der Waals surface area contributed by atoms with Crippen LogP contribution in [-0.2, 0) is 28.7 Å². The minimum Gasteiger partial charge on any atom is -0.386 e. The SMILES string of the molecule is CC1=C(/C=C/CCCC/C=C/C2=C(C)C(=O)OC2=O)C(=O)OC1=O. The summed E-state index contributed by atoms with van der Waals surface area (Å²) in [6.07, 6.45) is 10.2.